The van der Waals surface area contributed by atoms with Crippen molar-refractivity contribution in [2.75, 3.05) is 12.4 Å². The molecule has 6 nitrogen and oxygen atoms in total. The number of amides is 2. The topological polar surface area (TPSA) is 85.4 Å². The molecule has 3 aromatic carbocycles. The number of aliphatic hydroxyl groups excluding tert-OH is 1. The van der Waals surface area contributed by atoms with Gasteiger partial charge in [-0.25, -0.2) is 0 Å². The number of hydrogen-bond acceptors (Lipinski definition) is 3. The Morgan fingerprint density at radius 2 is 1.66 bits per heavy atom. The number of nitrogens with one attached hydrogen (secondary N) is 2. The van der Waals surface area contributed by atoms with Crippen LogP contribution in [0.25, 0.3) is 10.9 Å². The number of anilines is 1. The average Bonchev–Trinajstić information content (AvgIpc) is 3.23. The highest BCUT2D eigenvalue weighted by Gasteiger charge is 2.29. The summed E-state index contributed by atoms with van der Waals surface area (Å²) in [6.45, 7) is -0.0635. The van der Waals surface area contributed by atoms with Crippen molar-refractivity contribution in [3.63, 3.8) is 0 Å². The first-order valence-electron chi connectivity index (χ1n) is 10.4. The first-order valence-corrected chi connectivity index (χ1v) is 10.4. The van der Waals surface area contributed by atoms with Gasteiger partial charge < -0.3 is 20.3 Å². The zero-order valence-corrected chi connectivity index (χ0v) is 17.8. The number of aromatic nitrogens is 1. The van der Waals surface area contributed by atoms with Crippen molar-refractivity contribution < 1.29 is 14.7 Å². The number of aromatic amines is 1. The van der Waals surface area contributed by atoms with Crippen LogP contribution in [0.3, 0.4) is 0 Å². The quantitative estimate of drug-likeness (QED) is 0.416. The van der Waals surface area contributed by atoms with E-state index in [4.69, 9.17) is 0 Å². The summed E-state index contributed by atoms with van der Waals surface area (Å²) in [4.78, 5) is 31.2. The van der Waals surface area contributed by atoms with Gasteiger partial charge in [0, 0.05) is 29.8 Å². The van der Waals surface area contributed by atoms with Crippen molar-refractivity contribution in [3.8, 4) is 0 Å². The molecule has 0 aliphatic rings. The molecule has 0 aliphatic heterocycles. The lowest BCUT2D eigenvalue weighted by molar-refractivity contribution is -0.136. The molecule has 0 radical (unpaired) electrons. The molecule has 4 aromatic rings. The third-order valence-corrected chi connectivity index (χ3v) is 5.56. The molecule has 0 aliphatic carbocycles. The third kappa shape index (κ3) is 4.55. The molecule has 2 amide bonds. The Bertz CT molecular complexity index is 1220. The number of benzene rings is 3. The van der Waals surface area contributed by atoms with Crippen molar-refractivity contribution >= 4 is 28.4 Å². The van der Waals surface area contributed by atoms with E-state index in [1.54, 1.807) is 31.3 Å². The molecule has 0 saturated carbocycles. The zero-order valence-electron chi connectivity index (χ0n) is 17.8. The summed E-state index contributed by atoms with van der Waals surface area (Å²) in [5.41, 5.74) is 3.96. The van der Waals surface area contributed by atoms with Crippen LogP contribution in [0.2, 0.25) is 0 Å². The Morgan fingerprint density at radius 1 is 0.969 bits per heavy atom. The Hall–Kier alpha value is -3.90. The highest BCUT2D eigenvalue weighted by atomic mass is 16.3. The number of likely N-dealkylation sites (N-methyl/N-ethyl adjacent to an activating group) is 1. The molecule has 0 bridgehead atoms. The first-order chi connectivity index (χ1) is 15.6. The van der Waals surface area contributed by atoms with Crippen LogP contribution in [-0.4, -0.2) is 33.9 Å². The Morgan fingerprint density at radius 3 is 2.38 bits per heavy atom. The maximum atomic E-state index is 13.3. The number of carbonyl (C=O) groups excluding carboxylic acids is 2. The lowest BCUT2D eigenvalue weighted by atomic mass is 10.0. The van der Waals surface area contributed by atoms with Crippen molar-refractivity contribution in [2.45, 2.75) is 19.1 Å². The van der Waals surface area contributed by atoms with Gasteiger partial charge in [-0.3, -0.25) is 9.59 Å². The summed E-state index contributed by atoms with van der Waals surface area (Å²) in [7, 11) is 1.66. The van der Waals surface area contributed by atoms with E-state index >= 15 is 0 Å². The van der Waals surface area contributed by atoms with E-state index in [0.29, 0.717) is 5.69 Å². The van der Waals surface area contributed by atoms with E-state index < -0.39 is 6.04 Å². The number of H-pyrrole nitrogens is 1. The molecular weight excluding hydrogens is 402 g/mol. The highest BCUT2D eigenvalue weighted by molar-refractivity contribution is 5.98. The predicted molar refractivity (Wildman–Crippen MR) is 125 cm³/mol. The van der Waals surface area contributed by atoms with Crippen molar-refractivity contribution in [3.05, 3.63) is 102 Å². The number of fused-ring (bicyclic) bond motifs is 1. The van der Waals surface area contributed by atoms with Gasteiger partial charge in [-0.05, 0) is 34.9 Å². The van der Waals surface area contributed by atoms with Gasteiger partial charge in [0.25, 0.3) is 5.91 Å². The van der Waals surface area contributed by atoms with E-state index in [9.17, 15) is 14.7 Å². The first kappa shape index (κ1) is 21.3. The summed E-state index contributed by atoms with van der Waals surface area (Å²) in [5.74, 6) is -0.461. The molecule has 162 valence electrons. The van der Waals surface area contributed by atoms with Gasteiger partial charge in [0.05, 0.1) is 13.0 Å². The van der Waals surface area contributed by atoms with Crippen LogP contribution < -0.4 is 5.32 Å². The molecule has 6 heteroatoms. The minimum absolute atomic E-state index is 0.0635. The smallest absolute Gasteiger partial charge is 0.251 e. The largest absolute Gasteiger partial charge is 0.392 e. The van der Waals surface area contributed by atoms with Gasteiger partial charge in [-0.15, -0.1) is 0 Å². The molecule has 1 atom stereocenters. The SMILES string of the molecule is CN(C(=O)Cc1c[nH]c2ccccc12)[C@H](C(=O)Nc1ccc(CO)cc1)c1ccccc1. The molecule has 32 heavy (non-hydrogen) atoms. The highest BCUT2D eigenvalue weighted by Crippen LogP contribution is 2.24. The fourth-order valence-corrected chi connectivity index (χ4v) is 3.80. The molecule has 0 unspecified atom stereocenters. The standard InChI is InChI=1S/C26H25N3O3/c1-29(24(31)15-20-16-27-23-10-6-5-9-22(20)23)25(19-7-3-2-4-8-19)26(32)28-21-13-11-18(17-30)12-14-21/h2-14,16,25,27,30H,15,17H2,1H3,(H,28,32)/t25-/m0/s1. The van der Waals surface area contributed by atoms with Gasteiger partial charge in [0.1, 0.15) is 6.04 Å². The van der Waals surface area contributed by atoms with Crippen LogP contribution in [0, 0.1) is 0 Å². The van der Waals surface area contributed by atoms with Crippen LogP contribution in [0.15, 0.2) is 85.1 Å². The number of aliphatic hydroxyl groups is 1. The monoisotopic (exact) mass is 427 g/mol. The molecule has 0 spiro atoms. The summed E-state index contributed by atoms with van der Waals surface area (Å²) < 4.78 is 0. The summed E-state index contributed by atoms with van der Waals surface area (Å²) >= 11 is 0. The van der Waals surface area contributed by atoms with E-state index in [1.807, 2.05) is 60.8 Å². The maximum Gasteiger partial charge on any atom is 0.251 e. The zero-order chi connectivity index (χ0) is 22.5. The Balaban J connectivity index is 1.57. The van der Waals surface area contributed by atoms with Gasteiger partial charge >= 0.3 is 0 Å². The number of nitrogens with zero attached hydrogens (tertiary/aromatic N) is 1. The summed E-state index contributed by atoms with van der Waals surface area (Å²) in [6.07, 6.45) is 2.03. The second-order valence-corrected chi connectivity index (χ2v) is 7.70. The Labute approximate surface area is 186 Å². The molecule has 1 heterocycles. The van der Waals surface area contributed by atoms with E-state index in [1.165, 1.54) is 4.90 Å². The molecular formula is C26H25N3O3. The van der Waals surface area contributed by atoms with Gasteiger partial charge in [0.15, 0.2) is 0 Å². The minimum atomic E-state index is -0.786. The number of para-hydroxylation sites is 1. The van der Waals surface area contributed by atoms with Crippen LogP contribution >= 0.6 is 0 Å². The van der Waals surface area contributed by atoms with Crippen molar-refractivity contribution in [1.29, 1.82) is 0 Å². The normalized spacial score (nSPS) is 11.8. The van der Waals surface area contributed by atoms with Crippen LogP contribution in [0.1, 0.15) is 22.7 Å². The number of hydrogen-bond donors (Lipinski definition) is 3. The van der Waals surface area contributed by atoms with Crippen LogP contribution in [-0.2, 0) is 22.6 Å². The minimum Gasteiger partial charge on any atom is -0.392 e. The van der Waals surface area contributed by atoms with E-state index in [-0.39, 0.29) is 24.8 Å². The summed E-state index contributed by atoms with van der Waals surface area (Å²) in [6, 6.07) is 23.3. The lowest BCUT2D eigenvalue weighted by Crippen LogP contribution is -2.39. The second kappa shape index (κ2) is 9.49. The van der Waals surface area contributed by atoms with E-state index in [2.05, 4.69) is 10.3 Å². The molecule has 3 N–H and O–H groups in total. The van der Waals surface area contributed by atoms with Crippen LogP contribution in [0.5, 0.6) is 0 Å². The van der Waals surface area contributed by atoms with Gasteiger partial charge in [-0.2, -0.15) is 0 Å². The fraction of sp³-hybridized carbons (Fsp3) is 0.154. The predicted octanol–water partition coefficient (Wildman–Crippen LogP) is 4.04. The van der Waals surface area contributed by atoms with Gasteiger partial charge in [-0.1, -0.05) is 60.7 Å². The molecule has 1 aromatic heterocycles. The maximum absolute atomic E-state index is 13.3. The average molecular weight is 428 g/mol. The molecule has 0 saturated heterocycles. The van der Waals surface area contributed by atoms with Crippen molar-refractivity contribution in [2.24, 2.45) is 0 Å². The molecule has 0 fully saturated rings. The summed E-state index contributed by atoms with van der Waals surface area (Å²) in [5, 5.41) is 13.1. The second-order valence-electron chi connectivity index (χ2n) is 7.70. The van der Waals surface area contributed by atoms with Gasteiger partial charge in [0.2, 0.25) is 5.91 Å². The van der Waals surface area contributed by atoms with Crippen LogP contribution in [0.4, 0.5) is 5.69 Å². The van der Waals surface area contributed by atoms with E-state index in [0.717, 1.165) is 27.6 Å². The molecule has 4 rings (SSSR count). The van der Waals surface area contributed by atoms with Crippen molar-refractivity contribution in [1.82, 2.24) is 9.88 Å². The third-order valence-electron chi connectivity index (χ3n) is 5.56. The fourth-order valence-electron chi connectivity index (χ4n) is 3.80. The number of rotatable bonds is 7. The Kier molecular flexibility index (Phi) is 6.33. The number of carbonyl (C=O) groups is 2. The lowest BCUT2D eigenvalue weighted by Gasteiger charge is -2.28.